The lowest BCUT2D eigenvalue weighted by Crippen LogP contribution is -2.33. The SMILES string of the molecule is CC(=O)N1C=Cc2ccccc2[C@@H]1CC(=O)Nc1nc(-c2ccc(F)c(F)c2)cs1. The quantitative estimate of drug-likeness (QED) is 0.641. The molecule has 0 fully saturated rings. The molecule has 4 rings (SSSR count). The van der Waals surface area contributed by atoms with E-state index in [1.165, 1.54) is 29.2 Å². The molecule has 2 aromatic carbocycles. The first-order valence-corrected chi connectivity index (χ1v) is 10.1. The minimum atomic E-state index is -0.959. The summed E-state index contributed by atoms with van der Waals surface area (Å²) in [4.78, 5) is 30.6. The lowest BCUT2D eigenvalue weighted by molar-refractivity contribution is -0.129. The van der Waals surface area contributed by atoms with E-state index in [0.717, 1.165) is 23.3 Å². The Morgan fingerprint density at radius 2 is 1.97 bits per heavy atom. The fourth-order valence-corrected chi connectivity index (χ4v) is 4.11. The minimum absolute atomic E-state index is 0.0566. The van der Waals surface area contributed by atoms with Gasteiger partial charge < -0.3 is 10.2 Å². The van der Waals surface area contributed by atoms with E-state index in [4.69, 9.17) is 0 Å². The van der Waals surface area contributed by atoms with Gasteiger partial charge in [0.15, 0.2) is 16.8 Å². The summed E-state index contributed by atoms with van der Waals surface area (Å²) in [5.41, 5.74) is 2.71. The number of aromatic nitrogens is 1. The molecule has 0 saturated carbocycles. The number of rotatable bonds is 4. The first-order valence-electron chi connectivity index (χ1n) is 9.19. The highest BCUT2D eigenvalue weighted by Crippen LogP contribution is 2.33. The fraction of sp³-hybridized carbons (Fsp3) is 0.136. The number of nitrogens with one attached hydrogen (secondary N) is 1. The fourth-order valence-electron chi connectivity index (χ4n) is 3.38. The molecule has 2 heterocycles. The van der Waals surface area contributed by atoms with Crippen LogP contribution in [0.25, 0.3) is 17.3 Å². The van der Waals surface area contributed by atoms with Crippen molar-refractivity contribution in [1.82, 2.24) is 9.88 Å². The van der Waals surface area contributed by atoms with Crippen molar-refractivity contribution < 1.29 is 18.4 Å². The summed E-state index contributed by atoms with van der Waals surface area (Å²) in [6.45, 7) is 1.46. The number of nitrogens with zero attached hydrogens (tertiary/aromatic N) is 2. The molecule has 0 unspecified atom stereocenters. The third kappa shape index (κ3) is 3.99. The van der Waals surface area contributed by atoms with Crippen LogP contribution in [-0.2, 0) is 9.59 Å². The zero-order valence-electron chi connectivity index (χ0n) is 15.9. The predicted octanol–water partition coefficient (Wildman–Crippen LogP) is 4.99. The van der Waals surface area contributed by atoms with E-state index in [2.05, 4.69) is 10.3 Å². The van der Waals surface area contributed by atoms with Crippen LogP contribution in [0.4, 0.5) is 13.9 Å². The summed E-state index contributed by atoms with van der Waals surface area (Å²) in [5.74, 6) is -2.35. The second-order valence-electron chi connectivity index (χ2n) is 6.81. The molecule has 0 bridgehead atoms. The molecule has 0 saturated heterocycles. The number of anilines is 1. The zero-order chi connectivity index (χ0) is 21.3. The van der Waals surface area contributed by atoms with E-state index >= 15 is 0 Å². The van der Waals surface area contributed by atoms with Gasteiger partial charge in [0.25, 0.3) is 0 Å². The largest absolute Gasteiger partial charge is 0.311 e. The number of amides is 2. The maximum atomic E-state index is 13.5. The highest BCUT2D eigenvalue weighted by Gasteiger charge is 2.28. The first kappa shape index (κ1) is 19.9. The summed E-state index contributed by atoms with van der Waals surface area (Å²) in [6.07, 6.45) is 3.59. The van der Waals surface area contributed by atoms with Crippen LogP contribution >= 0.6 is 11.3 Å². The number of carbonyl (C=O) groups excluding carboxylic acids is 2. The van der Waals surface area contributed by atoms with Crippen LogP contribution in [0.5, 0.6) is 0 Å². The standard InChI is InChI=1S/C22H17F2N3O2S/c1-13(28)27-9-8-14-4-2-3-5-16(14)20(27)11-21(29)26-22-25-19(12-30-22)15-6-7-17(23)18(24)10-15/h2-10,12,20H,11H2,1H3,(H,25,26,29)/t20-/m0/s1. The molecular formula is C22H17F2N3O2S. The van der Waals surface area contributed by atoms with Crippen LogP contribution in [-0.4, -0.2) is 21.7 Å². The molecule has 3 aromatic rings. The van der Waals surface area contributed by atoms with Gasteiger partial charge >= 0.3 is 0 Å². The molecule has 0 spiro atoms. The van der Waals surface area contributed by atoms with Crippen molar-refractivity contribution in [2.24, 2.45) is 0 Å². The summed E-state index contributed by atoms with van der Waals surface area (Å²) in [7, 11) is 0. The zero-order valence-corrected chi connectivity index (χ0v) is 16.7. The van der Waals surface area contributed by atoms with Gasteiger partial charge in [0.2, 0.25) is 11.8 Å². The van der Waals surface area contributed by atoms with Gasteiger partial charge in [-0.3, -0.25) is 9.59 Å². The van der Waals surface area contributed by atoms with Crippen molar-refractivity contribution >= 4 is 34.4 Å². The molecule has 30 heavy (non-hydrogen) atoms. The average Bonchev–Trinajstić information content (AvgIpc) is 3.18. The van der Waals surface area contributed by atoms with Gasteiger partial charge in [0.1, 0.15) is 0 Å². The van der Waals surface area contributed by atoms with Crippen molar-refractivity contribution in [2.75, 3.05) is 5.32 Å². The van der Waals surface area contributed by atoms with Crippen LogP contribution in [0.1, 0.15) is 30.5 Å². The molecule has 1 aliphatic heterocycles. The Labute approximate surface area is 175 Å². The number of hydrogen-bond acceptors (Lipinski definition) is 4. The third-order valence-corrected chi connectivity index (χ3v) is 5.57. The predicted molar refractivity (Wildman–Crippen MR) is 111 cm³/mol. The van der Waals surface area contributed by atoms with Gasteiger partial charge in [0, 0.05) is 24.1 Å². The van der Waals surface area contributed by atoms with Gasteiger partial charge in [-0.1, -0.05) is 24.3 Å². The van der Waals surface area contributed by atoms with Crippen molar-refractivity contribution in [1.29, 1.82) is 0 Å². The van der Waals surface area contributed by atoms with E-state index in [0.29, 0.717) is 16.4 Å². The molecule has 152 valence electrons. The molecule has 1 N–H and O–H groups in total. The normalized spacial score (nSPS) is 15.0. The maximum Gasteiger partial charge on any atom is 0.228 e. The molecule has 2 amide bonds. The van der Waals surface area contributed by atoms with E-state index in [1.807, 2.05) is 30.3 Å². The lowest BCUT2D eigenvalue weighted by Gasteiger charge is -2.32. The Morgan fingerprint density at radius 3 is 2.73 bits per heavy atom. The molecule has 8 heteroatoms. The number of carbonyl (C=O) groups is 2. The first-order chi connectivity index (χ1) is 14.4. The van der Waals surface area contributed by atoms with Gasteiger partial charge in [-0.15, -0.1) is 11.3 Å². The molecule has 1 aliphatic rings. The Hall–Kier alpha value is -3.39. The van der Waals surface area contributed by atoms with Crippen molar-refractivity contribution in [3.05, 3.63) is 76.8 Å². The van der Waals surface area contributed by atoms with E-state index in [9.17, 15) is 18.4 Å². The maximum absolute atomic E-state index is 13.5. The molecular weight excluding hydrogens is 408 g/mol. The summed E-state index contributed by atoms with van der Waals surface area (Å²) < 4.78 is 26.6. The molecule has 1 atom stereocenters. The topological polar surface area (TPSA) is 62.3 Å². The van der Waals surface area contributed by atoms with Crippen LogP contribution in [0.2, 0.25) is 0 Å². The van der Waals surface area contributed by atoms with Crippen LogP contribution in [0.3, 0.4) is 0 Å². The Balaban J connectivity index is 1.50. The number of halogens is 2. The van der Waals surface area contributed by atoms with Gasteiger partial charge in [-0.05, 0) is 35.4 Å². The smallest absolute Gasteiger partial charge is 0.228 e. The second-order valence-corrected chi connectivity index (χ2v) is 7.66. The highest BCUT2D eigenvalue weighted by atomic mass is 32.1. The molecule has 0 aliphatic carbocycles. The Bertz CT molecular complexity index is 1160. The minimum Gasteiger partial charge on any atom is -0.311 e. The van der Waals surface area contributed by atoms with Gasteiger partial charge in [-0.2, -0.15) is 0 Å². The van der Waals surface area contributed by atoms with Crippen molar-refractivity contribution in [3.8, 4) is 11.3 Å². The highest BCUT2D eigenvalue weighted by molar-refractivity contribution is 7.14. The molecule has 1 aromatic heterocycles. The monoisotopic (exact) mass is 425 g/mol. The summed E-state index contributed by atoms with van der Waals surface area (Å²) in [5, 5.41) is 4.73. The second kappa shape index (κ2) is 8.16. The van der Waals surface area contributed by atoms with Crippen LogP contribution in [0, 0.1) is 11.6 Å². The third-order valence-electron chi connectivity index (χ3n) is 4.81. The van der Waals surface area contributed by atoms with E-state index < -0.39 is 17.7 Å². The molecule has 0 radical (unpaired) electrons. The number of fused-ring (bicyclic) bond motifs is 1. The van der Waals surface area contributed by atoms with E-state index in [-0.39, 0.29) is 18.2 Å². The van der Waals surface area contributed by atoms with E-state index in [1.54, 1.807) is 11.6 Å². The average molecular weight is 425 g/mol. The summed E-state index contributed by atoms with van der Waals surface area (Å²) in [6, 6.07) is 10.7. The number of thiazole rings is 1. The molecule has 5 nitrogen and oxygen atoms in total. The lowest BCUT2D eigenvalue weighted by atomic mass is 9.93. The van der Waals surface area contributed by atoms with Gasteiger partial charge in [-0.25, -0.2) is 13.8 Å². The number of benzene rings is 2. The Morgan fingerprint density at radius 1 is 1.17 bits per heavy atom. The Kier molecular flexibility index (Phi) is 5.41. The van der Waals surface area contributed by atoms with Crippen molar-refractivity contribution in [2.45, 2.75) is 19.4 Å². The summed E-state index contributed by atoms with van der Waals surface area (Å²) >= 11 is 1.18. The van der Waals surface area contributed by atoms with Crippen LogP contribution < -0.4 is 5.32 Å². The van der Waals surface area contributed by atoms with Crippen LogP contribution in [0.15, 0.2) is 54.0 Å². The van der Waals surface area contributed by atoms with Crippen molar-refractivity contribution in [3.63, 3.8) is 0 Å². The van der Waals surface area contributed by atoms with Gasteiger partial charge in [0.05, 0.1) is 18.2 Å². The number of hydrogen-bond donors (Lipinski definition) is 1.